The number of fused-ring (bicyclic) bond motifs is 1. The average Bonchev–Trinajstić information content (AvgIpc) is 3.06. The third-order valence-corrected chi connectivity index (χ3v) is 4.98. The highest BCUT2D eigenvalue weighted by Crippen LogP contribution is 2.13. The van der Waals surface area contributed by atoms with E-state index in [1.807, 2.05) is 53.3 Å². The molecule has 0 unspecified atom stereocenters. The van der Waals surface area contributed by atoms with Crippen LogP contribution in [0.2, 0.25) is 0 Å². The summed E-state index contributed by atoms with van der Waals surface area (Å²) in [6, 6.07) is 18.3. The molecule has 1 N–H and O–H groups in total. The van der Waals surface area contributed by atoms with Gasteiger partial charge in [-0.05, 0) is 31.2 Å². The smallest absolute Gasteiger partial charge is 0.349 e. The van der Waals surface area contributed by atoms with Crippen LogP contribution in [0, 0.1) is 6.92 Å². The van der Waals surface area contributed by atoms with Crippen molar-refractivity contribution in [3.8, 4) is 5.69 Å². The molecule has 0 saturated heterocycles. The first-order chi connectivity index (χ1) is 13.1. The third kappa shape index (κ3) is 3.32. The second kappa shape index (κ2) is 7.05. The molecule has 2 aromatic heterocycles. The fourth-order valence-corrected chi connectivity index (χ4v) is 3.58. The second-order valence-corrected chi connectivity index (χ2v) is 6.71. The molecular weight excluding hydrogens is 362 g/mol. The normalized spacial score (nSPS) is 11.7. The molecule has 0 aliphatic rings. The summed E-state index contributed by atoms with van der Waals surface area (Å²) < 4.78 is 7.13. The molecule has 4 rings (SSSR count). The van der Waals surface area contributed by atoms with Crippen LogP contribution < -0.4 is 15.9 Å². The van der Waals surface area contributed by atoms with Crippen LogP contribution in [0.5, 0.6) is 0 Å². The predicted octanol–water partition coefficient (Wildman–Crippen LogP) is 3.20. The van der Waals surface area contributed by atoms with Crippen molar-refractivity contribution in [1.29, 1.82) is 0 Å². The van der Waals surface area contributed by atoms with Crippen LogP contribution in [0.3, 0.4) is 0 Å². The van der Waals surface area contributed by atoms with Crippen LogP contribution in [0.25, 0.3) is 16.7 Å². The molecule has 27 heavy (non-hydrogen) atoms. The number of nitrogens with one attached hydrogen (secondary N) is 1. The summed E-state index contributed by atoms with van der Waals surface area (Å²) in [5.41, 5.74) is 4.05. The monoisotopic (exact) mass is 377 g/mol. The standard InChI is InChI=1S/C20H15N3O3S/c1-13-12-27-20(23(13)15-8-3-2-4-9-15)22-21-18(24)16-11-14-7-5-6-10-17(14)26-19(16)25/h2-12H,1H3,(H,21,24)/b22-20+. The third-order valence-electron chi connectivity index (χ3n) is 4.03. The van der Waals surface area contributed by atoms with Gasteiger partial charge in [0.2, 0.25) is 4.80 Å². The van der Waals surface area contributed by atoms with Gasteiger partial charge < -0.3 is 4.42 Å². The van der Waals surface area contributed by atoms with E-state index in [0.717, 1.165) is 11.4 Å². The molecule has 0 radical (unpaired) electrons. The molecule has 4 aromatic rings. The van der Waals surface area contributed by atoms with Crippen LogP contribution in [0.1, 0.15) is 16.1 Å². The number of para-hydroxylation sites is 2. The van der Waals surface area contributed by atoms with Crippen molar-refractivity contribution in [2.24, 2.45) is 5.10 Å². The van der Waals surface area contributed by atoms with Crippen LogP contribution >= 0.6 is 11.3 Å². The van der Waals surface area contributed by atoms with Crippen molar-refractivity contribution in [3.05, 3.63) is 92.5 Å². The minimum Gasteiger partial charge on any atom is -0.422 e. The Morgan fingerprint density at radius 2 is 1.85 bits per heavy atom. The number of benzene rings is 2. The van der Waals surface area contributed by atoms with Gasteiger partial charge in [0.1, 0.15) is 11.1 Å². The largest absolute Gasteiger partial charge is 0.422 e. The van der Waals surface area contributed by atoms with Gasteiger partial charge in [0.15, 0.2) is 0 Å². The topological polar surface area (TPSA) is 76.6 Å². The van der Waals surface area contributed by atoms with Gasteiger partial charge in [-0.25, -0.2) is 10.2 Å². The maximum atomic E-state index is 12.5. The number of amides is 1. The van der Waals surface area contributed by atoms with Gasteiger partial charge in [-0.15, -0.1) is 16.4 Å². The minimum absolute atomic E-state index is 0.0861. The Morgan fingerprint density at radius 3 is 2.67 bits per heavy atom. The van der Waals surface area contributed by atoms with Gasteiger partial charge in [-0.1, -0.05) is 36.4 Å². The quantitative estimate of drug-likeness (QED) is 0.440. The van der Waals surface area contributed by atoms with Gasteiger partial charge in [-0.3, -0.25) is 9.36 Å². The molecule has 0 fully saturated rings. The fraction of sp³-hybridized carbons (Fsp3) is 0.0500. The van der Waals surface area contributed by atoms with E-state index in [2.05, 4.69) is 10.5 Å². The summed E-state index contributed by atoms with van der Waals surface area (Å²) >= 11 is 1.39. The van der Waals surface area contributed by atoms with Crippen LogP contribution in [0.15, 0.2) is 80.4 Å². The lowest BCUT2D eigenvalue weighted by Gasteiger charge is -2.05. The van der Waals surface area contributed by atoms with Crippen molar-refractivity contribution >= 4 is 28.2 Å². The number of aryl methyl sites for hydroxylation is 1. The minimum atomic E-state index is -0.695. The first kappa shape index (κ1) is 17.0. The lowest BCUT2D eigenvalue weighted by atomic mass is 10.2. The van der Waals surface area contributed by atoms with Crippen LogP contribution in [-0.4, -0.2) is 10.5 Å². The molecule has 0 aliphatic heterocycles. The maximum Gasteiger partial charge on any atom is 0.349 e. The highest BCUT2D eigenvalue weighted by molar-refractivity contribution is 7.07. The molecule has 0 atom stereocenters. The van der Waals surface area contributed by atoms with Gasteiger partial charge in [0.25, 0.3) is 5.91 Å². The van der Waals surface area contributed by atoms with E-state index in [0.29, 0.717) is 15.8 Å². The Kier molecular flexibility index (Phi) is 4.43. The van der Waals surface area contributed by atoms with Crippen molar-refractivity contribution < 1.29 is 9.21 Å². The Bertz CT molecular complexity index is 1250. The number of hydrogen-bond donors (Lipinski definition) is 1. The molecule has 7 heteroatoms. The summed E-state index contributed by atoms with van der Waals surface area (Å²) in [5.74, 6) is -0.611. The van der Waals surface area contributed by atoms with Crippen molar-refractivity contribution in [2.45, 2.75) is 6.92 Å². The van der Waals surface area contributed by atoms with E-state index in [9.17, 15) is 9.59 Å². The van der Waals surface area contributed by atoms with Gasteiger partial charge in [0, 0.05) is 22.1 Å². The van der Waals surface area contributed by atoms with Crippen molar-refractivity contribution in [3.63, 3.8) is 0 Å². The number of aromatic nitrogens is 1. The van der Waals surface area contributed by atoms with E-state index < -0.39 is 11.5 Å². The summed E-state index contributed by atoms with van der Waals surface area (Å²) in [7, 11) is 0. The zero-order valence-corrected chi connectivity index (χ0v) is 15.2. The summed E-state index contributed by atoms with van der Waals surface area (Å²) in [6.45, 7) is 1.96. The van der Waals surface area contributed by atoms with Gasteiger partial charge >= 0.3 is 5.63 Å². The Labute approximate surface area is 158 Å². The van der Waals surface area contributed by atoms with E-state index in [1.165, 1.54) is 17.4 Å². The highest BCUT2D eigenvalue weighted by Gasteiger charge is 2.13. The zero-order valence-electron chi connectivity index (χ0n) is 14.4. The van der Waals surface area contributed by atoms with Gasteiger partial charge in [0.05, 0.1) is 0 Å². The molecular formula is C20H15N3O3S. The molecule has 0 spiro atoms. The molecule has 6 nitrogen and oxygen atoms in total. The summed E-state index contributed by atoms with van der Waals surface area (Å²) in [5, 5.41) is 6.82. The first-order valence-electron chi connectivity index (χ1n) is 8.23. The van der Waals surface area contributed by atoms with Crippen molar-refractivity contribution in [1.82, 2.24) is 9.99 Å². The molecule has 0 saturated carbocycles. The highest BCUT2D eigenvalue weighted by atomic mass is 32.1. The summed E-state index contributed by atoms with van der Waals surface area (Å²) in [4.78, 5) is 25.2. The van der Waals surface area contributed by atoms with E-state index in [-0.39, 0.29) is 5.56 Å². The molecule has 2 heterocycles. The van der Waals surface area contributed by atoms with E-state index in [4.69, 9.17) is 4.42 Å². The molecule has 0 aliphatic carbocycles. The number of carbonyl (C=O) groups is 1. The average molecular weight is 377 g/mol. The number of rotatable bonds is 3. The predicted molar refractivity (Wildman–Crippen MR) is 104 cm³/mol. The van der Waals surface area contributed by atoms with E-state index >= 15 is 0 Å². The van der Waals surface area contributed by atoms with Crippen LogP contribution in [-0.2, 0) is 0 Å². The number of thiazole rings is 1. The number of hydrogen-bond acceptors (Lipinski definition) is 5. The Hall–Kier alpha value is -3.45. The fourth-order valence-electron chi connectivity index (χ4n) is 2.74. The molecule has 0 bridgehead atoms. The second-order valence-electron chi connectivity index (χ2n) is 5.87. The summed E-state index contributed by atoms with van der Waals surface area (Å²) in [6.07, 6.45) is 0. The zero-order chi connectivity index (χ0) is 18.8. The first-order valence-corrected chi connectivity index (χ1v) is 9.11. The van der Waals surface area contributed by atoms with E-state index in [1.54, 1.807) is 18.2 Å². The number of carbonyl (C=O) groups excluding carboxylic acids is 1. The molecule has 134 valence electrons. The molecule has 2 aromatic carbocycles. The Morgan fingerprint density at radius 1 is 1.11 bits per heavy atom. The SMILES string of the molecule is Cc1cs/c(=N/NC(=O)c2cc3ccccc3oc2=O)n1-c1ccccc1. The number of nitrogens with zero attached hydrogens (tertiary/aromatic N) is 2. The van der Waals surface area contributed by atoms with Gasteiger partial charge in [-0.2, -0.15) is 0 Å². The maximum absolute atomic E-state index is 12.5. The van der Waals surface area contributed by atoms with Crippen molar-refractivity contribution in [2.75, 3.05) is 0 Å². The lowest BCUT2D eigenvalue weighted by molar-refractivity contribution is 0.0949. The van der Waals surface area contributed by atoms with Crippen LogP contribution in [0.4, 0.5) is 0 Å². The Balaban J connectivity index is 1.69. The lowest BCUT2D eigenvalue weighted by Crippen LogP contribution is -2.27. The molecule has 1 amide bonds.